The second-order valence-corrected chi connectivity index (χ2v) is 8.04. The second-order valence-electron chi connectivity index (χ2n) is 7.04. The molecule has 0 aliphatic carbocycles. The average molecular weight is 435 g/mol. The fraction of sp³-hybridized carbons (Fsp3) is 0.217. The number of aryl methyl sites for hydroxylation is 3. The molecule has 0 radical (unpaired) electrons. The number of anilines is 1. The Morgan fingerprint density at radius 1 is 1.13 bits per heavy atom. The fourth-order valence-electron chi connectivity index (χ4n) is 3.07. The van der Waals surface area contributed by atoms with Gasteiger partial charge in [0.2, 0.25) is 5.82 Å². The molecule has 4 rings (SSSR count). The van der Waals surface area contributed by atoms with Gasteiger partial charge in [-0.05, 0) is 43.5 Å². The van der Waals surface area contributed by atoms with Gasteiger partial charge in [-0.1, -0.05) is 59.8 Å². The molecular weight excluding hydrogens is 412 g/mol. The van der Waals surface area contributed by atoms with Crippen LogP contribution in [0.25, 0.3) is 22.2 Å². The van der Waals surface area contributed by atoms with Gasteiger partial charge in [-0.25, -0.2) is 4.98 Å². The van der Waals surface area contributed by atoms with Crippen molar-refractivity contribution in [1.82, 2.24) is 15.1 Å². The highest BCUT2D eigenvalue weighted by Crippen LogP contribution is 2.34. The van der Waals surface area contributed by atoms with E-state index in [4.69, 9.17) is 9.26 Å². The smallest absolute Gasteiger partial charge is 0.270 e. The van der Waals surface area contributed by atoms with E-state index in [1.54, 1.807) is 0 Å². The minimum Gasteiger partial charge on any atom is -0.484 e. The van der Waals surface area contributed by atoms with Gasteiger partial charge in [-0.15, -0.1) is 0 Å². The Labute approximate surface area is 184 Å². The van der Waals surface area contributed by atoms with Crippen molar-refractivity contribution >= 4 is 22.4 Å². The first kappa shape index (κ1) is 20.7. The number of carbonyl (C=O) groups is 1. The third kappa shape index (κ3) is 4.80. The Morgan fingerprint density at radius 3 is 2.74 bits per heavy atom. The van der Waals surface area contributed by atoms with Crippen molar-refractivity contribution in [3.8, 4) is 27.9 Å². The van der Waals surface area contributed by atoms with Gasteiger partial charge in [0.05, 0.1) is 5.69 Å². The number of carbonyl (C=O) groups excluding carboxylic acids is 1. The van der Waals surface area contributed by atoms with Crippen molar-refractivity contribution in [2.75, 3.05) is 11.9 Å². The number of benzene rings is 2. The molecule has 0 saturated heterocycles. The Kier molecular flexibility index (Phi) is 6.08. The monoisotopic (exact) mass is 434 g/mol. The van der Waals surface area contributed by atoms with Crippen LogP contribution in [0.1, 0.15) is 23.7 Å². The highest BCUT2D eigenvalue weighted by Gasteiger charge is 2.20. The topological polar surface area (TPSA) is 90.1 Å². The van der Waals surface area contributed by atoms with Crippen LogP contribution in [-0.2, 0) is 11.2 Å². The van der Waals surface area contributed by atoms with E-state index in [-0.39, 0.29) is 12.5 Å². The zero-order valence-corrected chi connectivity index (χ0v) is 18.3. The molecule has 0 atom stereocenters. The van der Waals surface area contributed by atoms with Gasteiger partial charge in [0.1, 0.15) is 10.6 Å². The normalized spacial score (nSPS) is 10.8. The van der Waals surface area contributed by atoms with Crippen LogP contribution in [0.5, 0.6) is 5.75 Å². The lowest BCUT2D eigenvalue weighted by Gasteiger charge is -2.06. The summed E-state index contributed by atoms with van der Waals surface area (Å²) in [5.41, 5.74) is 3.85. The van der Waals surface area contributed by atoms with Crippen molar-refractivity contribution in [3.63, 3.8) is 0 Å². The van der Waals surface area contributed by atoms with Crippen molar-refractivity contribution in [1.29, 1.82) is 0 Å². The van der Waals surface area contributed by atoms with Crippen molar-refractivity contribution in [2.24, 2.45) is 0 Å². The van der Waals surface area contributed by atoms with E-state index in [1.165, 1.54) is 11.3 Å². The molecule has 0 saturated carbocycles. The molecule has 7 nitrogen and oxygen atoms in total. The molecule has 31 heavy (non-hydrogen) atoms. The average Bonchev–Trinajstić information content (AvgIpc) is 3.39. The van der Waals surface area contributed by atoms with Crippen LogP contribution in [0.3, 0.4) is 0 Å². The molecule has 1 amide bonds. The minimum atomic E-state index is -0.282. The van der Waals surface area contributed by atoms with Crippen LogP contribution < -0.4 is 10.1 Å². The number of nitrogens with zero attached hydrogens (tertiary/aromatic N) is 3. The number of thiazole rings is 1. The van der Waals surface area contributed by atoms with E-state index in [1.807, 2.05) is 69.3 Å². The number of aromatic nitrogens is 3. The summed E-state index contributed by atoms with van der Waals surface area (Å²) < 4.78 is 11.1. The predicted octanol–water partition coefficient (Wildman–Crippen LogP) is 5.06. The Balaban J connectivity index is 1.48. The van der Waals surface area contributed by atoms with Gasteiger partial charge in [-0.2, -0.15) is 4.98 Å². The molecule has 0 aliphatic rings. The lowest BCUT2D eigenvalue weighted by Crippen LogP contribution is -2.20. The number of hydrogen-bond donors (Lipinski definition) is 1. The summed E-state index contributed by atoms with van der Waals surface area (Å²) in [7, 11) is 0. The maximum Gasteiger partial charge on any atom is 0.270 e. The molecule has 0 aliphatic heterocycles. The molecule has 4 aromatic rings. The third-order valence-corrected chi connectivity index (χ3v) is 5.65. The summed E-state index contributed by atoms with van der Waals surface area (Å²) in [5, 5.41) is 7.39. The molecule has 0 unspecified atom stereocenters. The maximum absolute atomic E-state index is 12.3. The molecule has 158 valence electrons. The minimum absolute atomic E-state index is 0.0994. The second kappa shape index (κ2) is 9.09. The number of rotatable bonds is 7. The van der Waals surface area contributed by atoms with Crippen LogP contribution in [-0.4, -0.2) is 27.6 Å². The SMILES string of the molecule is CCc1nc(NC(=O)COc2cccc(C)c2)sc1-c1nc(-c2ccccc2C)no1. The zero-order valence-electron chi connectivity index (χ0n) is 17.5. The Bertz CT molecular complexity index is 1220. The predicted molar refractivity (Wildman–Crippen MR) is 120 cm³/mol. The first-order valence-electron chi connectivity index (χ1n) is 9.92. The lowest BCUT2D eigenvalue weighted by atomic mass is 10.1. The molecule has 0 spiro atoms. The van der Waals surface area contributed by atoms with Crippen LogP contribution >= 0.6 is 11.3 Å². The molecular formula is C23H22N4O3S. The summed E-state index contributed by atoms with van der Waals surface area (Å²) in [4.78, 5) is 22.1. The maximum atomic E-state index is 12.3. The number of nitrogens with one attached hydrogen (secondary N) is 1. The third-order valence-electron chi connectivity index (χ3n) is 4.64. The van der Waals surface area contributed by atoms with Gasteiger partial charge in [0, 0.05) is 5.56 Å². The number of ether oxygens (including phenoxy) is 1. The lowest BCUT2D eigenvalue weighted by molar-refractivity contribution is -0.118. The molecule has 2 aromatic carbocycles. The van der Waals surface area contributed by atoms with Crippen LogP contribution in [0.15, 0.2) is 53.1 Å². The van der Waals surface area contributed by atoms with Gasteiger partial charge in [0.15, 0.2) is 11.7 Å². The van der Waals surface area contributed by atoms with E-state index >= 15 is 0 Å². The van der Waals surface area contributed by atoms with E-state index in [0.717, 1.165) is 27.3 Å². The first-order valence-corrected chi connectivity index (χ1v) is 10.7. The molecule has 1 N–H and O–H groups in total. The van der Waals surface area contributed by atoms with Gasteiger partial charge in [0.25, 0.3) is 11.8 Å². The Hall–Kier alpha value is -3.52. The van der Waals surface area contributed by atoms with E-state index < -0.39 is 0 Å². The summed E-state index contributed by atoms with van der Waals surface area (Å²) in [6.45, 7) is 5.86. The summed E-state index contributed by atoms with van der Waals surface area (Å²) in [6, 6.07) is 15.4. The highest BCUT2D eigenvalue weighted by atomic mass is 32.1. The zero-order chi connectivity index (χ0) is 21.8. The van der Waals surface area contributed by atoms with Gasteiger partial charge >= 0.3 is 0 Å². The summed E-state index contributed by atoms with van der Waals surface area (Å²) >= 11 is 1.31. The first-order chi connectivity index (χ1) is 15.0. The van der Waals surface area contributed by atoms with Crippen LogP contribution in [0.4, 0.5) is 5.13 Å². The van der Waals surface area contributed by atoms with Crippen molar-refractivity contribution in [2.45, 2.75) is 27.2 Å². The highest BCUT2D eigenvalue weighted by molar-refractivity contribution is 7.19. The van der Waals surface area contributed by atoms with E-state index in [2.05, 4.69) is 20.4 Å². The number of hydrogen-bond acceptors (Lipinski definition) is 7. The Morgan fingerprint density at radius 2 is 1.97 bits per heavy atom. The van der Waals surface area contributed by atoms with Crippen molar-refractivity contribution < 1.29 is 14.1 Å². The standard InChI is InChI=1S/C23H22N4O3S/c1-4-18-20(22-26-21(27-30-22)17-11-6-5-9-15(17)3)31-23(24-18)25-19(28)13-29-16-10-7-8-14(2)12-16/h5-12H,4,13H2,1-3H3,(H,24,25,28). The molecule has 8 heteroatoms. The van der Waals surface area contributed by atoms with Crippen molar-refractivity contribution in [3.05, 3.63) is 65.4 Å². The molecule has 0 fully saturated rings. The molecule has 0 bridgehead atoms. The van der Waals surface area contributed by atoms with Crippen LogP contribution in [0.2, 0.25) is 0 Å². The fourth-order valence-corrected chi connectivity index (χ4v) is 4.06. The van der Waals surface area contributed by atoms with Gasteiger partial charge < -0.3 is 9.26 Å². The largest absolute Gasteiger partial charge is 0.484 e. The summed E-state index contributed by atoms with van der Waals surface area (Å²) in [5.74, 6) is 1.29. The quantitative estimate of drug-likeness (QED) is 0.437. The van der Waals surface area contributed by atoms with E-state index in [0.29, 0.717) is 29.0 Å². The number of amides is 1. The molecule has 2 heterocycles. The van der Waals surface area contributed by atoms with Gasteiger partial charge in [-0.3, -0.25) is 10.1 Å². The van der Waals surface area contributed by atoms with Crippen LogP contribution in [0, 0.1) is 13.8 Å². The summed E-state index contributed by atoms with van der Waals surface area (Å²) in [6.07, 6.45) is 0.670. The molecule has 2 aromatic heterocycles. The van der Waals surface area contributed by atoms with E-state index in [9.17, 15) is 4.79 Å².